The highest BCUT2D eigenvalue weighted by atomic mass is 32.2. The minimum Gasteiger partial charge on any atom is -0.494 e. The summed E-state index contributed by atoms with van der Waals surface area (Å²) in [4.78, 5) is 17.4. The number of nitrogens with zero attached hydrogens (tertiary/aromatic N) is 7. The monoisotopic (exact) mass is 539 g/mol. The van der Waals surface area contributed by atoms with Crippen molar-refractivity contribution in [2.75, 3.05) is 45.9 Å². The van der Waals surface area contributed by atoms with Gasteiger partial charge in [0.05, 0.1) is 23.7 Å². The van der Waals surface area contributed by atoms with Gasteiger partial charge in [-0.15, -0.1) is 5.10 Å². The van der Waals surface area contributed by atoms with E-state index in [2.05, 4.69) is 20.4 Å². The third-order valence-electron chi connectivity index (χ3n) is 7.00. The molecule has 2 fully saturated rings. The molecule has 2 aliphatic rings. The molecule has 1 amide bonds. The lowest BCUT2D eigenvalue weighted by atomic mass is 10.2. The largest absolute Gasteiger partial charge is 0.494 e. The molecule has 2 aliphatic heterocycles. The molecular weight excluding hydrogens is 506 g/mol. The van der Waals surface area contributed by atoms with E-state index in [0.717, 1.165) is 36.5 Å². The summed E-state index contributed by atoms with van der Waals surface area (Å²) in [6.45, 7) is 6.72. The van der Waals surface area contributed by atoms with E-state index in [1.54, 1.807) is 38.2 Å². The van der Waals surface area contributed by atoms with Gasteiger partial charge in [-0.2, -0.15) is 8.99 Å². The molecule has 2 saturated heterocycles. The summed E-state index contributed by atoms with van der Waals surface area (Å²) in [6.07, 6.45) is 2.84. The number of benzene rings is 2. The van der Waals surface area contributed by atoms with Crippen LogP contribution in [0.2, 0.25) is 0 Å². The van der Waals surface area contributed by atoms with Gasteiger partial charge in [0.25, 0.3) is 5.91 Å². The van der Waals surface area contributed by atoms with Gasteiger partial charge in [0.2, 0.25) is 10.0 Å². The first-order valence-electron chi connectivity index (χ1n) is 13.1. The summed E-state index contributed by atoms with van der Waals surface area (Å²) in [5, 5.41) is 12.2. The Kier molecular flexibility index (Phi) is 8.01. The Morgan fingerprint density at radius 2 is 1.58 bits per heavy atom. The zero-order valence-electron chi connectivity index (χ0n) is 21.6. The van der Waals surface area contributed by atoms with E-state index in [1.807, 2.05) is 31.2 Å². The first-order chi connectivity index (χ1) is 18.5. The van der Waals surface area contributed by atoms with Gasteiger partial charge in [-0.1, -0.05) is 6.42 Å². The zero-order valence-corrected chi connectivity index (χ0v) is 22.4. The molecule has 0 spiro atoms. The van der Waals surface area contributed by atoms with Gasteiger partial charge in [-0.25, -0.2) is 8.42 Å². The number of piperidine rings is 1. The molecule has 0 aliphatic carbocycles. The maximum atomic E-state index is 13.1. The minimum absolute atomic E-state index is 0.0919. The number of tetrazole rings is 1. The smallest absolute Gasteiger partial charge is 0.253 e. The molecule has 0 bridgehead atoms. The van der Waals surface area contributed by atoms with Gasteiger partial charge >= 0.3 is 0 Å². The Hall–Kier alpha value is -3.35. The molecule has 2 aromatic carbocycles. The number of piperazine rings is 1. The third-order valence-corrected chi connectivity index (χ3v) is 8.92. The average Bonchev–Trinajstić information content (AvgIpc) is 3.42. The number of carbonyl (C=O) groups is 1. The van der Waals surface area contributed by atoms with E-state index in [1.165, 1.54) is 0 Å². The Labute approximate surface area is 223 Å². The van der Waals surface area contributed by atoms with Crippen molar-refractivity contribution in [1.29, 1.82) is 0 Å². The summed E-state index contributed by atoms with van der Waals surface area (Å²) in [7, 11) is -3.51. The molecule has 12 heteroatoms. The second-order valence-electron chi connectivity index (χ2n) is 9.49. The summed E-state index contributed by atoms with van der Waals surface area (Å²) < 4.78 is 34.6. The highest BCUT2D eigenvalue weighted by Crippen LogP contribution is 2.22. The number of amides is 1. The van der Waals surface area contributed by atoms with Crippen molar-refractivity contribution in [3.63, 3.8) is 0 Å². The molecule has 3 aromatic rings. The summed E-state index contributed by atoms with van der Waals surface area (Å²) in [6, 6.07) is 14.0. The summed E-state index contributed by atoms with van der Waals surface area (Å²) in [5.74, 6) is 1.43. The van der Waals surface area contributed by atoms with E-state index in [9.17, 15) is 13.2 Å². The van der Waals surface area contributed by atoms with Crippen LogP contribution < -0.4 is 4.74 Å². The van der Waals surface area contributed by atoms with Crippen molar-refractivity contribution in [3.8, 4) is 11.4 Å². The maximum Gasteiger partial charge on any atom is 0.253 e. The number of carbonyl (C=O) groups excluding carboxylic acids is 1. The van der Waals surface area contributed by atoms with Gasteiger partial charge in [0.15, 0.2) is 5.82 Å². The van der Waals surface area contributed by atoms with Crippen LogP contribution in [-0.2, 0) is 16.6 Å². The number of sulfonamides is 1. The van der Waals surface area contributed by atoms with Gasteiger partial charge in [0.1, 0.15) is 5.75 Å². The number of ether oxygens (including phenoxy) is 1. The molecular formula is C26H33N7O4S. The highest BCUT2D eigenvalue weighted by molar-refractivity contribution is 7.89. The van der Waals surface area contributed by atoms with Crippen LogP contribution in [0.3, 0.4) is 0 Å². The zero-order chi connectivity index (χ0) is 26.5. The summed E-state index contributed by atoms with van der Waals surface area (Å²) >= 11 is 0. The fraction of sp³-hybridized carbons (Fsp3) is 0.462. The van der Waals surface area contributed by atoms with Crippen LogP contribution in [0.4, 0.5) is 0 Å². The second-order valence-corrected chi connectivity index (χ2v) is 11.4. The molecule has 0 N–H and O–H groups in total. The van der Waals surface area contributed by atoms with Crippen LogP contribution in [0, 0.1) is 0 Å². The standard InChI is InChI=1S/C26H33N7O4S/c1-2-37-23-10-8-22(9-11-23)33-25(27-28-29-33)20-30-16-18-31(19-17-30)26(34)21-6-12-24(13-7-21)38(35,36)32-14-4-3-5-15-32/h6-13H,2-5,14-20H2,1H3. The SMILES string of the molecule is CCOc1ccc(-n2nnnc2CN2CCN(C(=O)c3ccc(S(=O)(=O)N4CCCCC4)cc3)CC2)cc1. The van der Waals surface area contributed by atoms with Gasteiger partial charge in [0, 0.05) is 44.8 Å². The normalized spacial score (nSPS) is 17.4. The topological polar surface area (TPSA) is 114 Å². The first-order valence-corrected chi connectivity index (χ1v) is 14.5. The van der Waals surface area contributed by atoms with Crippen LogP contribution in [0.15, 0.2) is 53.4 Å². The molecule has 5 rings (SSSR count). The fourth-order valence-electron chi connectivity index (χ4n) is 4.87. The predicted octanol–water partition coefficient (Wildman–Crippen LogP) is 2.19. The summed E-state index contributed by atoms with van der Waals surface area (Å²) in [5.41, 5.74) is 1.35. The Morgan fingerprint density at radius 3 is 2.24 bits per heavy atom. The van der Waals surface area contributed by atoms with E-state index in [4.69, 9.17) is 4.74 Å². The molecule has 11 nitrogen and oxygen atoms in total. The van der Waals surface area contributed by atoms with Gasteiger partial charge in [-0.3, -0.25) is 9.69 Å². The molecule has 0 unspecified atom stereocenters. The van der Waals surface area contributed by atoms with Crippen LogP contribution in [0.5, 0.6) is 5.75 Å². The van der Waals surface area contributed by atoms with Crippen molar-refractivity contribution in [2.24, 2.45) is 0 Å². The van der Waals surface area contributed by atoms with Crippen molar-refractivity contribution in [1.82, 2.24) is 34.3 Å². The Morgan fingerprint density at radius 1 is 0.895 bits per heavy atom. The number of rotatable bonds is 8. The average molecular weight is 540 g/mol. The molecule has 202 valence electrons. The highest BCUT2D eigenvalue weighted by Gasteiger charge is 2.27. The first kappa shape index (κ1) is 26.3. The minimum atomic E-state index is -3.51. The van der Waals surface area contributed by atoms with Crippen molar-refractivity contribution < 1.29 is 17.9 Å². The van der Waals surface area contributed by atoms with Gasteiger partial charge < -0.3 is 9.64 Å². The fourth-order valence-corrected chi connectivity index (χ4v) is 6.39. The van der Waals surface area contributed by atoms with Crippen molar-refractivity contribution in [2.45, 2.75) is 37.6 Å². The van der Waals surface area contributed by atoms with E-state index < -0.39 is 10.0 Å². The van der Waals surface area contributed by atoms with Gasteiger partial charge in [-0.05, 0) is 78.7 Å². The number of aromatic nitrogens is 4. The molecule has 0 radical (unpaired) electrons. The molecule has 0 atom stereocenters. The second kappa shape index (κ2) is 11.6. The molecule has 38 heavy (non-hydrogen) atoms. The Balaban J connectivity index is 1.17. The molecule has 0 saturated carbocycles. The quantitative estimate of drug-likeness (QED) is 0.428. The van der Waals surface area contributed by atoms with Crippen LogP contribution in [0.25, 0.3) is 5.69 Å². The van der Waals surface area contributed by atoms with Crippen molar-refractivity contribution in [3.05, 3.63) is 59.9 Å². The lowest BCUT2D eigenvalue weighted by molar-refractivity contribution is 0.0624. The van der Waals surface area contributed by atoms with E-state index in [0.29, 0.717) is 58.0 Å². The number of hydrogen-bond donors (Lipinski definition) is 0. The van der Waals surface area contributed by atoms with Crippen LogP contribution >= 0.6 is 0 Å². The predicted molar refractivity (Wildman–Crippen MR) is 141 cm³/mol. The van der Waals surface area contributed by atoms with Crippen molar-refractivity contribution >= 4 is 15.9 Å². The number of hydrogen-bond acceptors (Lipinski definition) is 8. The van der Waals surface area contributed by atoms with E-state index >= 15 is 0 Å². The lowest BCUT2D eigenvalue weighted by Crippen LogP contribution is -2.48. The Bertz CT molecular complexity index is 1330. The maximum absolute atomic E-state index is 13.1. The van der Waals surface area contributed by atoms with Crippen LogP contribution in [0.1, 0.15) is 42.4 Å². The third kappa shape index (κ3) is 5.71. The van der Waals surface area contributed by atoms with Crippen LogP contribution in [-0.4, -0.2) is 94.5 Å². The molecule has 3 heterocycles. The lowest BCUT2D eigenvalue weighted by Gasteiger charge is -2.34. The van der Waals surface area contributed by atoms with E-state index in [-0.39, 0.29) is 10.8 Å². The molecule has 1 aromatic heterocycles.